The lowest BCUT2D eigenvalue weighted by Gasteiger charge is -2.43. The zero-order valence-electron chi connectivity index (χ0n) is 12.8. The van der Waals surface area contributed by atoms with Crippen LogP contribution in [0.25, 0.3) is 0 Å². The van der Waals surface area contributed by atoms with Crippen LogP contribution in [0.1, 0.15) is 12.8 Å². The highest BCUT2D eigenvalue weighted by molar-refractivity contribution is 6.33. The van der Waals surface area contributed by atoms with Crippen molar-refractivity contribution in [1.82, 2.24) is 9.80 Å². The van der Waals surface area contributed by atoms with Crippen molar-refractivity contribution in [3.63, 3.8) is 0 Å². The molecule has 1 aromatic carbocycles. The van der Waals surface area contributed by atoms with E-state index in [-0.39, 0.29) is 0 Å². The van der Waals surface area contributed by atoms with Crippen molar-refractivity contribution in [3.05, 3.63) is 23.2 Å². The van der Waals surface area contributed by atoms with Crippen LogP contribution in [0.3, 0.4) is 0 Å². The molecule has 2 heterocycles. The number of likely N-dealkylation sites (tertiary alicyclic amines) is 1. The number of hydrogen-bond acceptors (Lipinski definition) is 4. The summed E-state index contributed by atoms with van der Waals surface area (Å²) < 4.78 is 0. The second-order valence-electron chi connectivity index (χ2n) is 6.27. The molecule has 0 aromatic heterocycles. The molecule has 0 bridgehead atoms. The maximum Gasteiger partial charge on any atom is 0.0660 e. The summed E-state index contributed by atoms with van der Waals surface area (Å²) in [4.78, 5) is 7.48. The quantitative estimate of drug-likeness (QED) is 0.849. The molecule has 0 saturated carbocycles. The van der Waals surface area contributed by atoms with Gasteiger partial charge in [-0.2, -0.15) is 0 Å². The second kappa shape index (κ2) is 6.42. The third-order valence-corrected chi connectivity index (χ3v) is 5.13. The fourth-order valence-electron chi connectivity index (χ4n) is 3.47. The van der Waals surface area contributed by atoms with E-state index < -0.39 is 0 Å². The molecule has 0 aliphatic carbocycles. The fraction of sp³-hybridized carbons (Fsp3) is 0.625. The van der Waals surface area contributed by atoms with Crippen molar-refractivity contribution < 1.29 is 0 Å². The average Bonchev–Trinajstić information content (AvgIpc) is 2.48. The highest BCUT2D eigenvalue weighted by Crippen LogP contribution is 2.29. The summed E-state index contributed by atoms with van der Waals surface area (Å²) in [6.45, 7) is 6.83. The predicted octanol–water partition coefficient (Wildman–Crippen LogP) is 2.14. The lowest BCUT2D eigenvalue weighted by Crippen LogP contribution is -2.53. The molecule has 21 heavy (non-hydrogen) atoms. The van der Waals surface area contributed by atoms with Gasteiger partial charge in [-0.15, -0.1) is 0 Å². The highest BCUT2D eigenvalue weighted by atomic mass is 35.5. The maximum absolute atomic E-state index is 6.32. The Kier molecular flexibility index (Phi) is 4.57. The first-order chi connectivity index (χ1) is 10.1. The Bertz CT molecular complexity index is 477. The first-order valence-electron chi connectivity index (χ1n) is 7.86. The van der Waals surface area contributed by atoms with E-state index in [2.05, 4.69) is 21.7 Å². The Balaban J connectivity index is 1.57. The van der Waals surface area contributed by atoms with Gasteiger partial charge in [-0.3, -0.25) is 4.90 Å². The number of hydrogen-bond donors (Lipinski definition) is 1. The van der Waals surface area contributed by atoms with Gasteiger partial charge in [0.05, 0.1) is 10.7 Å². The lowest BCUT2D eigenvalue weighted by atomic mass is 10.0. The molecule has 0 unspecified atom stereocenters. The van der Waals surface area contributed by atoms with Gasteiger partial charge in [-0.05, 0) is 51.2 Å². The first-order valence-corrected chi connectivity index (χ1v) is 8.24. The third kappa shape index (κ3) is 3.44. The van der Waals surface area contributed by atoms with E-state index in [1.165, 1.54) is 25.9 Å². The van der Waals surface area contributed by atoms with Crippen LogP contribution in [0.4, 0.5) is 11.4 Å². The summed E-state index contributed by atoms with van der Waals surface area (Å²) in [6.07, 6.45) is 2.61. The molecule has 2 fully saturated rings. The molecule has 5 heteroatoms. The van der Waals surface area contributed by atoms with Gasteiger partial charge >= 0.3 is 0 Å². The smallest absolute Gasteiger partial charge is 0.0660 e. The summed E-state index contributed by atoms with van der Waals surface area (Å²) in [5.74, 6) is 0. The monoisotopic (exact) mass is 308 g/mol. The van der Waals surface area contributed by atoms with E-state index in [9.17, 15) is 0 Å². The molecule has 0 spiro atoms. The zero-order valence-corrected chi connectivity index (χ0v) is 13.5. The number of anilines is 2. The number of nitrogens with zero attached hydrogens (tertiary/aromatic N) is 3. The largest absolute Gasteiger partial charge is 0.399 e. The number of benzene rings is 1. The normalized spacial score (nSPS) is 22.7. The average molecular weight is 309 g/mol. The minimum absolute atomic E-state index is 0.730. The summed E-state index contributed by atoms with van der Waals surface area (Å²) >= 11 is 6.32. The third-order valence-electron chi connectivity index (χ3n) is 4.83. The van der Waals surface area contributed by atoms with Crippen LogP contribution in [-0.4, -0.2) is 62.2 Å². The molecule has 2 aliphatic rings. The Labute approximate surface area is 132 Å². The summed E-state index contributed by atoms with van der Waals surface area (Å²) in [5.41, 5.74) is 7.62. The van der Waals surface area contributed by atoms with E-state index in [0.29, 0.717) is 0 Å². The number of piperazine rings is 1. The van der Waals surface area contributed by atoms with Crippen LogP contribution >= 0.6 is 11.6 Å². The van der Waals surface area contributed by atoms with Crippen molar-refractivity contribution in [3.8, 4) is 0 Å². The van der Waals surface area contributed by atoms with E-state index in [4.69, 9.17) is 17.3 Å². The van der Waals surface area contributed by atoms with Gasteiger partial charge in [0.1, 0.15) is 0 Å². The van der Waals surface area contributed by atoms with Crippen molar-refractivity contribution in [2.45, 2.75) is 18.9 Å². The minimum Gasteiger partial charge on any atom is -0.399 e. The number of halogens is 1. The SMILES string of the molecule is CN1CCC(N2CCN(c3ccc(N)cc3Cl)CC2)CC1. The van der Waals surface area contributed by atoms with Gasteiger partial charge < -0.3 is 15.5 Å². The molecular formula is C16H25ClN4. The van der Waals surface area contributed by atoms with Gasteiger partial charge in [0.15, 0.2) is 0 Å². The number of nitrogens with two attached hydrogens (primary N) is 1. The van der Waals surface area contributed by atoms with Crippen molar-refractivity contribution in [1.29, 1.82) is 0 Å². The second-order valence-corrected chi connectivity index (χ2v) is 6.68. The van der Waals surface area contributed by atoms with Crippen LogP contribution in [0, 0.1) is 0 Å². The van der Waals surface area contributed by atoms with Crippen LogP contribution < -0.4 is 10.6 Å². The van der Waals surface area contributed by atoms with E-state index in [1.54, 1.807) is 0 Å². The molecule has 2 saturated heterocycles. The minimum atomic E-state index is 0.730. The van der Waals surface area contributed by atoms with Crippen molar-refractivity contribution in [2.24, 2.45) is 0 Å². The first kappa shape index (κ1) is 14.9. The standard InChI is InChI=1S/C16H25ClN4/c1-19-6-4-14(5-7-19)20-8-10-21(11-9-20)16-3-2-13(18)12-15(16)17/h2-3,12,14H,4-11,18H2,1H3. The van der Waals surface area contributed by atoms with Crippen LogP contribution in [0.2, 0.25) is 5.02 Å². The molecule has 2 N–H and O–H groups in total. The molecule has 4 nitrogen and oxygen atoms in total. The van der Waals surface area contributed by atoms with Crippen molar-refractivity contribution >= 4 is 23.0 Å². The molecule has 116 valence electrons. The fourth-order valence-corrected chi connectivity index (χ4v) is 3.78. The number of nitrogen functional groups attached to an aromatic ring is 1. The summed E-state index contributed by atoms with van der Waals surface area (Å²) in [5, 5.41) is 0.766. The molecule has 3 rings (SSSR count). The van der Waals surface area contributed by atoms with Gasteiger partial charge in [0.2, 0.25) is 0 Å². The number of piperidine rings is 1. The summed E-state index contributed by atoms with van der Waals surface area (Å²) in [6, 6.07) is 6.60. The Morgan fingerprint density at radius 3 is 2.33 bits per heavy atom. The van der Waals surface area contributed by atoms with Gasteiger partial charge in [0.25, 0.3) is 0 Å². The number of rotatable bonds is 2. The van der Waals surface area contributed by atoms with Crippen LogP contribution in [0.5, 0.6) is 0 Å². The zero-order chi connectivity index (χ0) is 14.8. The predicted molar refractivity (Wildman–Crippen MR) is 90.2 cm³/mol. The van der Waals surface area contributed by atoms with Gasteiger partial charge in [-0.25, -0.2) is 0 Å². The van der Waals surface area contributed by atoms with E-state index in [1.807, 2.05) is 18.2 Å². The Morgan fingerprint density at radius 1 is 1.05 bits per heavy atom. The van der Waals surface area contributed by atoms with Crippen molar-refractivity contribution in [2.75, 3.05) is 56.9 Å². The van der Waals surface area contributed by atoms with Gasteiger partial charge in [0, 0.05) is 37.9 Å². The molecule has 0 atom stereocenters. The van der Waals surface area contributed by atoms with Gasteiger partial charge in [-0.1, -0.05) is 11.6 Å². The lowest BCUT2D eigenvalue weighted by molar-refractivity contribution is 0.115. The molecule has 0 radical (unpaired) electrons. The molecular weight excluding hydrogens is 284 g/mol. The van der Waals surface area contributed by atoms with E-state index >= 15 is 0 Å². The topological polar surface area (TPSA) is 35.7 Å². The van der Waals surface area contributed by atoms with Crippen LogP contribution in [-0.2, 0) is 0 Å². The Morgan fingerprint density at radius 2 is 1.71 bits per heavy atom. The molecule has 2 aliphatic heterocycles. The van der Waals surface area contributed by atoms with E-state index in [0.717, 1.165) is 48.6 Å². The maximum atomic E-state index is 6.32. The summed E-state index contributed by atoms with van der Waals surface area (Å²) in [7, 11) is 2.22. The highest BCUT2D eigenvalue weighted by Gasteiger charge is 2.26. The Hall–Kier alpha value is -0.970. The molecule has 0 amide bonds. The molecule has 1 aromatic rings. The van der Waals surface area contributed by atoms with Crippen LogP contribution in [0.15, 0.2) is 18.2 Å².